The zero-order valence-electron chi connectivity index (χ0n) is 15.8. The Morgan fingerprint density at radius 2 is 2.14 bits per heavy atom. The molecular formula is C21H20N4O2S2. The number of ketones is 1. The first-order valence-electron chi connectivity index (χ1n) is 9.72. The number of thiophene rings is 1. The highest BCUT2D eigenvalue weighted by atomic mass is 32.2. The van der Waals surface area contributed by atoms with Crippen molar-refractivity contribution in [3.8, 4) is 0 Å². The SMILES string of the molecule is O=C1CCc2cc(C(=O)CSc3nnc(Cc4cccs4)n3C3CC3)ccc2N1. The molecule has 29 heavy (non-hydrogen) atoms. The number of anilines is 1. The number of hydrogen-bond donors (Lipinski definition) is 1. The summed E-state index contributed by atoms with van der Waals surface area (Å²) in [7, 11) is 0. The number of rotatable bonds is 7. The minimum Gasteiger partial charge on any atom is -0.326 e. The van der Waals surface area contributed by atoms with Crippen molar-refractivity contribution in [2.45, 2.75) is 43.3 Å². The van der Waals surface area contributed by atoms with Crippen molar-refractivity contribution >= 4 is 40.5 Å². The summed E-state index contributed by atoms with van der Waals surface area (Å²) in [5.41, 5.74) is 2.53. The van der Waals surface area contributed by atoms with Crippen molar-refractivity contribution in [1.29, 1.82) is 0 Å². The molecule has 0 atom stereocenters. The van der Waals surface area contributed by atoms with Gasteiger partial charge in [-0.05, 0) is 54.5 Å². The smallest absolute Gasteiger partial charge is 0.224 e. The van der Waals surface area contributed by atoms with Crippen molar-refractivity contribution in [2.24, 2.45) is 0 Å². The van der Waals surface area contributed by atoms with Gasteiger partial charge in [0.05, 0.1) is 5.75 Å². The number of amides is 1. The molecule has 1 aliphatic carbocycles. The molecule has 1 N–H and O–H groups in total. The average molecular weight is 425 g/mol. The van der Waals surface area contributed by atoms with Gasteiger partial charge in [-0.1, -0.05) is 17.8 Å². The van der Waals surface area contributed by atoms with Crippen LogP contribution in [0.2, 0.25) is 0 Å². The molecule has 5 rings (SSSR count). The fraction of sp³-hybridized carbons (Fsp3) is 0.333. The third kappa shape index (κ3) is 4.00. The monoisotopic (exact) mass is 424 g/mol. The molecule has 1 fully saturated rings. The van der Waals surface area contributed by atoms with Gasteiger partial charge in [0, 0.05) is 35.0 Å². The summed E-state index contributed by atoms with van der Waals surface area (Å²) >= 11 is 3.19. The van der Waals surface area contributed by atoms with Gasteiger partial charge < -0.3 is 9.88 Å². The van der Waals surface area contributed by atoms with E-state index in [4.69, 9.17) is 0 Å². The number of Topliss-reactive ketones (excluding diaryl/α,β-unsaturated/α-hetero) is 1. The highest BCUT2D eigenvalue weighted by Gasteiger charge is 2.30. The van der Waals surface area contributed by atoms with E-state index in [2.05, 4.69) is 37.6 Å². The van der Waals surface area contributed by atoms with E-state index in [9.17, 15) is 9.59 Å². The van der Waals surface area contributed by atoms with Gasteiger partial charge in [-0.2, -0.15) is 0 Å². The molecule has 0 spiro atoms. The number of carbonyl (C=O) groups is 2. The molecule has 6 nitrogen and oxygen atoms in total. The second kappa shape index (κ2) is 7.76. The first kappa shape index (κ1) is 18.6. The largest absolute Gasteiger partial charge is 0.326 e. The fourth-order valence-corrected chi connectivity index (χ4v) is 5.19. The van der Waals surface area contributed by atoms with Crippen molar-refractivity contribution in [3.63, 3.8) is 0 Å². The topological polar surface area (TPSA) is 76.9 Å². The van der Waals surface area contributed by atoms with Crippen molar-refractivity contribution < 1.29 is 9.59 Å². The van der Waals surface area contributed by atoms with Crippen LogP contribution in [0.1, 0.15) is 51.9 Å². The number of benzene rings is 1. The van der Waals surface area contributed by atoms with Crippen molar-refractivity contribution in [2.75, 3.05) is 11.1 Å². The summed E-state index contributed by atoms with van der Waals surface area (Å²) in [5.74, 6) is 1.41. The minimum absolute atomic E-state index is 0.0323. The van der Waals surface area contributed by atoms with Crippen LogP contribution < -0.4 is 5.32 Å². The third-order valence-electron chi connectivity index (χ3n) is 5.21. The predicted octanol–water partition coefficient (Wildman–Crippen LogP) is 4.13. The summed E-state index contributed by atoms with van der Waals surface area (Å²) in [6.07, 6.45) is 4.22. The Labute approximate surface area is 176 Å². The highest BCUT2D eigenvalue weighted by molar-refractivity contribution is 7.99. The number of carbonyl (C=O) groups excluding carboxylic acids is 2. The second-order valence-electron chi connectivity index (χ2n) is 7.39. The molecule has 0 radical (unpaired) electrons. The normalized spacial score (nSPS) is 15.8. The van der Waals surface area contributed by atoms with Crippen molar-refractivity contribution in [1.82, 2.24) is 14.8 Å². The third-order valence-corrected chi connectivity index (χ3v) is 7.03. The van der Waals surface area contributed by atoms with E-state index in [0.717, 1.165) is 41.5 Å². The van der Waals surface area contributed by atoms with E-state index >= 15 is 0 Å². The molecule has 3 aromatic rings. The molecule has 1 saturated carbocycles. The van der Waals surface area contributed by atoms with Crippen LogP contribution in [0.3, 0.4) is 0 Å². The van der Waals surface area contributed by atoms with Crippen LogP contribution in [0, 0.1) is 0 Å². The Balaban J connectivity index is 1.29. The molecule has 0 bridgehead atoms. The van der Waals surface area contributed by atoms with Gasteiger partial charge in [-0.15, -0.1) is 21.5 Å². The maximum atomic E-state index is 12.8. The summed E-state index contributed by atoms with van der Waals surface area (Å²) in [6, 6.07) is 10.2. The van der Waals surface area contributed by atoms with E-state index in [1.807, 2.05) is 12.1 Å². The standard InChI is InChI=1S/C21H20N4O2S2/c26-18(14-3-7-17-13(10-14)4-8-20(27)22-17)12-29-21-24-23-19(25(21)15-5-6-15)11-16-2-1-9-28-16/h1-3,7,9-10,15H,4-6,8,11-12H2,(H,22,27). The van der Waals surface area contributed by atoms with Gasteiger partial charge in [-0.3, -0.25) is 9.59 Å². The average Bonchev–Trinajstić information content (AvgIpc) is 3.28. The van der Waals surface area contributed by atoms with Crippen LogP contribution in [0.5, 0.6) is 0 Å². The van der Waals surface area contributed by atoms with Gasteiger partial charge in [-0.25, -0.2) is 0 Å². The maximum Gasteiger partial charge on any atom is 0.224 e. The lowest BCUT2D eigenvalue weighted by Crippen LogP contribution is -2.19. The molecule has 1 aliphatic heterocycles. The quantitative estimate of drug-likeness (QED) is 0.456. The molecule has 1 amide bonds. The first-order chi connectivity index (χ1) is 14.2. The molecule has 8 heteroatoms. The summed E-state index contributed by atoms with van der Waals surface area (Å²) < 4.78 is 2.22. The first-order valence-corrected chi connectivity index (χ1v) is 11.6. The zero-order valence-corrected chi connectivity index (χ0v) is 17.4. The van der Waals surface area contributed by atoms with Crippen LogP contribution in [0.15, 0.2) is 40.9 Å². The van der Waals surface area contributed by atoms with Crippen LogP contribution in [-0.2, 0) is 17.6 Å². The van der Waals surface area contributed by atoms with Crippen molar-refractivity contribution in [3.05, 3.63) is 57.5 Å². The Bertz CT molecular complexity index is 1070. The molecule has 0 unspecified atom stereocenters. The number of aromatic nitrogens is 3. The lowest BCUT2D eigenvalue weighted by molar-refractivity contribution is -0.116. The van der Waals surface area contributed by atoms with Crippen LogP contribution in [-0.4, -0.2) is 32.2 Å². The van der Waals surface area contributed by atoms with E-state index in [-0.39, 0.29) is 11.7 Å². The van der Waals surface area contributed by atoms with E-state index in [0.29, 0.717) is 30.2 Å². The van der Waals surface area contributed by atoms with Crippen LogP contribution >= 0.6 is 23.1 Å². The minimum atomic E-state index is 0.0323. The van der Waals surface area contributed by atoms with Gasteiger partial charge in [0.15, 0.2) is 10.9 Å². The molecule has 2 aromatic heterocycles. The molecular weight excluding hydrogens is 404 g/mol. The van der Waals surface area contributed by atoms with E-state index in [1.165, 1.54) is 16.6 Å². The lowest BCUT2D eigenvalue weighted by Gasteiger charge is -2.17. The molecule has 2 aliphatic rings. The fourth-order valence-electron chi connectivity index (χ4n) is 3.57. The number of nitrogens with one attached hydrogen (secondary N) is 1. The second-order valence-corrected chi connectivity index (χ2v) is 9.36. The number of hydrogen-bond acceptors (Lipinski definition) is 6. The predicted molar refractivity (Wildman–Crippen MR) is 114 cm³/mol. The Hall–Kier alpha value is -2.45. The zero-order chi connectivity index (χ0) is 19.8. The number of fused-ring (bicyclic) bond motifs is 1. The number of aryl methyl sites for hydroxylation is 1. The molecule has 3 heterocycles. The maximum absolute atomic E-state index is 12.8. The summed E-state index contributed by atoms with van der Waals surface area (Å²) in [6.45, 7) is 0. The number of thioether (sulfide) groups is 1. The van der Waals surface area contributed by atoms with E-state index in [1.54, 1.807) is 17.4 Å². The van der Waals surface area contributed by atoms with Gasteiger partial charge >= 0.3 is 0 Å². The Morgan fingerprint density at radius 3 is 2.93 bits per heavy atom. The molecule has 0 saturated heterocycles. The summed E-state index contributed by atoms with van der Waals surface area (Å²) in [4.78, 5) is 25.5. The van der Waals surface area contributed by atoms with Gasteiger partial charge in [0.25, 0.3) is 0 Å². The number of nitrogens with zero attached hydrogens (tertiary/aromatic N) is 3. The summed E-state index contributed by atoms with van der Waals surface area (Å²) in [5, 5.41) is 14.6. The van der Waals surface area contributed by atoms with E-state index < -0.39 is 0 Å². The van der Waals surface area contributed by atoms with Crippen LogP contribution in [0.4, 0.5) is 5.69 Å². The Kier molecular flexibility index (Phi) is 4.97. The van der Waals surface area contributed by atoms with Crippen LogP contribution in [0.25, 0.3) is 0 Å². The van der Waals surface area contributed by atoms with Gasteiger partial charge in [0.1, 0.15) is 5.82 Å². The molecule has 1 aromatic carbocycles. The highest BCUT2D eigenvalue weighted by Crippen LogP contribution is 2.39. The van der Waals surface area contributed by atoms with Gasteiger partial charge in [0.2, 0.25) is 5.91 Å². The Morgan fingerprint density at radius 1 is 1.24 bits per heavy atom. The molecule has 148 valence electrons. The lowest BCUT2D eigenvalue weighted by atomic mass is 9.99.